The molecule has 0 atom stereocenters. The highest BCUT2D eigenvalue weighted by Crippen LogP contribution is 2.28. The molecule has 0 unspecified atom stereocenters. The third-order valence-electron chi connectivity index (χ3n) is 3.65. The smallest absolute Gasteiger partial charge is 0.251 e. The second-order valence-corrected chi connectivity index (χ2v) is 6.03. The molecule has 138 valence electrons. The minimum Gasteiger partial charge on any atom is -0.493 e. The lowest BCUT2D eigenvalue weighted by Crippen LogP contribution is -2.31. The Morgan fingerprint density at radius 2 is 1.85 bits per heavy atom. The predicted octanol–water partition coefficient (Wildman–Crippen LogP) is 3.17. The lowest BCUT2D eigenvalue weighted by Gasteiger charge is -2.13. The van der Waals surface area contributed by atoms with Gasteiger partial charge in [0.15, 0.2) is 11.5 Å². The molecule has 0 aliphatic heterocycles. The molecule has 1 amide bonds. The third-order valence-corrected chi connectivity index (χ3v) is 3.65. The van der Waals surface area contributed by atoms with Crippen molar-refractivity contribution >= 4 is 5.91 Å². The lowest BCUT2D eigenvalue weighted by molar-refractivity contribution is 0.0954. The Morgan fingerprint density at radius 1 is 1.08 bits per heavy atom. The van der Waals surface area contributed by atoms with E-state index in [0.717, 1.165) is 11.1 Å². The van der Waals surface area contributed by atoms with Crippen LogP contribution in [0.25, 0.3) is 0 Å². The Morgan fingerprint density at radius 3 is 2.54 bits per heavy atom. The van der Waals surface area contributed by atoms with Crippen LogP contribution in [0.3, 0.4) is 0 Å². The average Bonchev–Trinajstić information content (AvgIpc) is 2.66. The zero-order chi connectivity index (χ0) is 18.8. The number of nitrogens with one attached hydrogen (secondary N) is 2. The number of carbonyl (C=O) groups is 1. The molecule has 0 bridgehead atoms. The lowest BCUT2D eigenvalue weighted by atomic mass is 10.2. The van der Waals surface area contributed by atoms with Crippen molar-refractivity contribution in [1.29, 1.82) is 0 Å². The molecule has 5 heteroatoms. The zero-order valence-corrected chi connectivity index (χ0v) is 15.4. The van der Waals surface area contributed by atoms with Crippen molar-refractivity contribution in [3.05, 3.63) is 71.8 Å². The minimum absolute atomic E-state index is 0.0627. The number of benzene rings is 2. The highest BCUT2D eigenvalue weighted by molar-refractivity contribution is 5.94. The quantitative estimate of drug-likeness (QED) is 0.508. The highest BCUT2D eigenvalue weighted by Gasteiger charge is 2.06. The van der Waals surface area contributed by atoms with Gasteiger partial charge in [-0.2, -0.15) is 0 Å². The molecule has 5 nitrogen and oxygen atoms in total. The molecule has 0 saturated heterocycles. The Kier molecular flexibility index (Phi) is 7.71. The van der Waals surface area contributed by atoms with Crippen LogP contribution in [0.4, 0.5) is 0 Å². The SMILES string of the molecule is C=C(C)COc1cc(CNCCNC(=O)c2ccccc2)ccc1OC. The van der Waals surface area contributed by atoms with Gasteiger partial charge in [-0.25, -0.2) is 0 Å². The van der Waals surface area contributed by atoms with Gasteiger partial charge in [0, 0.05) is 25.2 Å². The summed E-state index contributed by atoms with van der Waals surface area (Å²) in [5.41, 5.74) is 2.70. The maximum absolute atomic E-state index is 11.9. The van der Waals surface area contributed by atoms with Crippen LogP contribution in [-0.4, -0.2) is 32.7 Å². The standard InChI is InChI=1S/C21H26N2O3/c1-16(2)15-26-20-13-17(9-10-19(20)25-3)14-22-11-12-23-21(24)18-7-5-4-6-8-18/h4-10,13,22H,1,11-12,14-15H2,2-3H3,(H,23,24). The minimum atomic E-state index is -0.0627. The van der Waals surface area contributed by atoms with Crippen LogP contribution in [0.15, 0.2) is 60.7 Å². The number of carbonyl (C=O) groups excluding carboxylic acids is 1. The van der Waals surface area contributed by atoms with Crippen LogP contribution in [-0.2, 0) is 6.54 Å². The van der Waals surface area contributed by atoms with Gasteiger partial charge in [-0.3, -0.25) is 4.79 Å². The van der Waals surface area contributed by atoms with E-state index in [2.05, 4.69) is 17.2 Å². The Bertz CT molecular complexity index is 729. The van der Waals surface area contributed by atoms with E-state index in [1.165, 1.54) is 0 Å². The summed E-state index contributed by atoms with van der Waals surface area (Å²) in [6.45, 7) is 8.12. The summed E-state index contributed by atoms with van der Waals surface area (Å²) in [6, 6.07) is 15.0. The molecule has 0 fully saturated rings. The van der Waals surface area contributed by atoms with E-state index in [4.69, 9.17) is 9.47 Å². The van der Waals surface area contributed by atoms with Gasteiger partial charge in [0.2, 0.25) is 0 Å². The van der Waals surface area contributed by atoms with Crippen molar-refractivity contribution in [2.24, 2.45) is 0 Å². The number of hydrogen-bond donors (Lipinski definition) is 2. The molecule has 0 aliphatic rings. The fourth-order valence-corrected chi connectivity index (χ4v) is 2.33. The van der Waals surface area contributed by atoms with Gasteiger partial charge < -0.3 is 20.1 Å². The van der Waals surface area contributed by atoms with E-state index in [1.807, 2.05) is 43.3 Å². The Hall–Kier alpha value is -2.79. The molecular weight excluding hydrogens is 328 g/mol. The molecule has 26 heavy (non-hydrogen) atoms. The summed E-state index contributed by atoms with van der Waals surface area (Å²) in [5.74, 6) is 1.34. The molecule has 0 radical (unpaired) electrons. The zero-order valence-electron chi connectivity index (χ0n) is 15.4. The van der Waals surface area contributed by atoms with Crippen LogP contribution in [0.1, 0.15) is 22.8 Å². The maximum atomic E-state index is 11.9. The van der Waals surface area contributed by atoms with Gasteiger partial charge in [0.25, 0.3) is 5.91 Å². The molecule has 2 aromatic carbocycles. The molecule has 0 aromatic heterocycles. The highest BCUT2D eigenvalue weighted by atomic mass is 16.5. The van der Waals surface area contributed by atoms with Gasteiger partial charge >= 0.3 is 0 Å². The number of ether oxygens (including phenoxy) is 2. The van der Waals surface area contributed by atoms with Gasteiger partial charge in [-0.1, -0.05) is 30.8 Å². The van der Waals surface area contributed by atoms with Crippen molar-refractivity contribution in [3.63, 3.8) is 0 Å². The normalized spacial score (nSPS) is 10.2. The van der Waals surface area contributed by atoms with Crippen LogP contribution in [0.2, 0.25) is 0 Å². The van der Waals surface area contributed by atoms with Crippen molar-refractivity contribution < 1.29 is 14.3 Å². The fraction of sp³-hybridized carbons (Fsp3) is 0.286. The van der Waals surface area contributed by atoms with Gasteiger partial charge in [-0.15, -0.1) is 0 Å². The van der Waals surface area contributed by atoms with Crippen molar-refractivity contribution in [3.8, 4) is 11.5 Å². The third kappa shape index (κ3) is 6.26. The number of hydrogen-bond acceptors (Lipinski definition) is 4. The summed E-state index contributed by atoms with van der Waals surface area (Å²) < 4.78 is 11.1. The first kappa shape index (κ1) is 19.5. The van der Waals surface area contributed by atoms with Gasteiger partial charge in [-0.05, 0) is 42.3 Å². The number of methoxy groups -OCH3 is 1. The largest absolute Gasteiger partial charge is 0.493 e. The molecule has 0 heterocycles. The van der Waals surface area contributed by atoms with E-state index < -0.39 is 0 Å². The fourth-order valence-electron chi connectivity index (χ4n) is 2.33. The first-order chi connectivity index (χ1) is 12.6. The van der Waals surface area contributed by atoms with Crippen LogP contribution in [0.5, 0.6) is 11.5 Å². The monoisotopic (exact) mass is 354 g/mol. The molecule has 0 spiro atoms. The van der Waals surface area contributed by atoms with Crippen LogP contribution < -0.4 is 20.1 Å². The van der Waals surface area contributed by atoms with E-state index >= 15 is 0 Å². The molecule has 0 saturated carbocycles. The van der Waals surface area contributed by atoms with Gasteiger partial charge in [0.05, 0.1) is 7.11 Å². The molecule has 2 aromatic rings. The predicted molar refractivity (Wildman–Crippen MR) is 104 cm³/mol. The molecular formula is C21H26N2O3. The number of amides is 1. The summed E-state index contributed by atoms with van der Waals surface area (Å²) in [7, 11) is 1.62. The first-order valence-corrected chi connectivity index (χ1v) is 8.58. The van der Waals surface area contributed by atoms with E-state index in [-0.39, 0.29) is 5.91 Å². The van der Waals surface area contributed by atoms with Crippen molar-refractivity contribution in [2.75, 3.05) is 26.8 Å². The van der Waals surface area contributed by atoms with Crippen LogP contribution >= 0.6 is 0 Å². The maximum Gasteiger partial charge on any atom is 0.251 e. The van der Waals surface area contributed by atoms with Crippen molar-refractivity contribution in [1.82, 2.24) is 10.6 Å². The van der Waals surface area contributed by atoms with E-state index in [1.54, 1.807) is 19.2 Å². The number of rotatable bonds is 10. The second-order valence-electron chi connectivity index (χ2n) is 6.03. The van der Waals surface area contributed by atoms with E-state index in [9.17, 15) is 4.79 Å². The van der Waals surface area contributed by atoms with E-state index in [0.29, 0.717) is 43.3 Å². The summed E-state index contributed by atoms with van der Waals surface area (Å²) in [5, 5.41) is 6.20. The van der Waals surface area contributed by atoms with Crippen LogP contribution in [0, 0.1) is 0 Å². The first-order valence-electron chi connectivity index (χ1n) is 8.58. The average molecular weight is 354 g/mol. The van der Waals surface area contributed by atoms with Crippen molar-refractivity contribution in [2.45, 2.75) is 13.5 Å². The molecule has 2 N–H and O–H groups in total. The Balaban J connectivity index is 1.77. The Labute approximate surface area is 155 Å². The summed E-state index contributed by atoms with van der Waals surface area (Å²) in [4.78, 5) is 11.9. The molecule has 2 rings (SSSR count). The van der Waals surface area contributed by atoms with Gasteiger partial charge in [0.1, 0.15) is 6.61 Å². The molecule has 0 aliphatic carbocycles. The topological polar surface area (TPSA) is 59.6 Å². The summed E-state index contributed by atoms with van der Waals surface area (Å²) in [6.07, 6.45) is 0. The summed E-state index contributed by atoms with van der Waals surface area (Å²) >= 11 is 0. The second kappa shape index (κ2) is 10.3.